The van der Waals surface area contributed by atoms with Crippen LogP contribution in [0.3, 0.4) is 0 Å². The summed E-state index contributed by atoms with van der Waals surface area (Å²) in [6, 6.07) is 20.4. The van der Waals surface area contributed by atoms with E-state index in [0.717, 1.165) is 42.5 Å². The number of rotatable bonds is 8. The number of aryl methyl sites for hydroxylation is 1. The third-order valence-corrected chi connectivity index (χ3v) is 6.91. The Morgan fingerprint density at radius 3 is 2.29 bits per heavy atom. The molecule has 0 saturated carbocycles. The fraction of sp³-hybridized carbons (Fsp3) is 0.414. The van der Waals surface area contributed by atoms with Crippen LogP contribution in [0.2, 0.25) is 0 Å². The zero-order valence-electron chi connectivity index (χ0n) is 20.9. The molecular formula is C29H35N3O3. The van der Waals surface area contributed by atoms with Crippen molar-refractivity contribution in [2.24, 2.45) is 0 Å². The molecule has 0 radical (unpaired) electrons. The summed E-state index contributed by atoms with van der Waals surface area (Å²) in [4.78, 5) is 27.8. The predicted molar refractivity (Wildman–Crippen MR) is 137 cm³/mol. The summed E-state index contributed by atoms with van der Waals surface area (Å²) in [5.41, 5.74) is 4.61. The highest BCUT2D eigenvalue weighted by Gasteiger charge is 2.30. The first-order valence-electron chi connectivity index (χ1n) is 12.7. The minimum absolute atomic E-state index is 0.111. The number of likely N-dealkylation sites (tertiary alicyclic amines) is 1. The molecule has 2 aromatic carbocycles. The molecule has 1 aromatic heterocycles. The average Bonchev–Trinajstić information content (AvgIpc) is 3.36. The Morgan fingerprint density at radius 2 is 1.69 bits per heavy atom. The molecule has 0 spiro atoms. The second-order valence-corrected chi connectivity index (χ2v) is 9.06. The summed E-state index contributed by atoms with van der Waals surface area (Å²) >= 11 is 0. The lowest BCUT2D eigenvalue weighted by Gasteiger charge is -2.35. The van der Waals surface area contributed by atoms with Gasteiger partial charge in [0.2, 0.25) is 5.91 Å². The Morgan fingerprint density at radius 1 is 1.00 bits per heavy atom. The second kappa shape index (κ2) is 11.3. The van der Waals surface area contributed by atoms with Gasteiger partial charge in [-0.3, -0.25) is 9.48 Å². The van der Waals surface area contributed by atoms with Gasteiger partial charge in [0.05, 0.1) is 24.3 Å². The summed E-state index contributed by atoms with van der Waals surface area (Å²) in [6.45, 7) is 7.66. The number of ether oxygens (including phenoxy) is 1. The van der Waals surface area contributed by atoms with Crippen LogP contribution in [0, 0.1) is 0 Å². The summed E-state index contributed by atoms with van der Waals surface area (Å²) in [5, 5.41) is 4.68. The molecule has 184 valence electrons. The van der Waals surface area contributed by atoms with Crippen LogP contribution in [0.4, 0.5) is 0 Å². The molecule has 2 heterocycles. The number of benzene rings is 2. The van der Waals surface area contributed by atoms with E-state index in [4.69, 9.17) is 4.74 Å². The minimum Gasteiger partial charge on any atom is -0.461 e. The average molecular weight is 474 g/mol. The molecule has 3 aromatic rings. The van der Waals surface area contributed by atoms with Gasteiger partial charge in [0, 0.05) is 13.1 Å². The fourth-order valence-electron chi connectivity index (χ4n) is 4.89. The molecule has 1 unspecified atom stereocenters. The molecule has 0 bridgehead atoms. The van der Waals surface area contributed by atoms with E-state index in [9.17, 15) is 9.59 Å². The third-order valence-electron chi connectivity index (χ3n) is 6.91. The first-order chi connectivity index (χ1) is 17.0. The second-order valence-electron chi connectivity index (χ2n) is 9.06. The quantitative estimate of drug-likeness (QED) is 0.397. The van der Waals surface area contributed by atoms with Crippen LogP contribution in [-0.2, 0) is 16.0 Å². The summed E-state index contributed by atoms with van der Waals surface area (Å²) in [6.07, 6.45) is 3.34. The smallest absolute Gasteiger partial charge is 0.358 e. The van der Waals surface area contributed by atoms with Crippen LogP contribution < -0.4 is 0 Å². The zero-order chi connectivity index (χ0) is 24.8. The molecule has 6 heteroatoms. The number of nitrogens with zero attached hydrogens (tertiary/aromatic N) is 3. The Hall–Kier alpha value is -3.41. The number of carbonyl (C=O) groups excluding carboxylic acids is 2. The van der Waals surface area contributed by atoms with Crippen molar-refractivity contribution < 1.29 is 14.3 Å². The topological polar surface area (TPSA) is 64.4 Å². The van der Waals surface area contributed by atoms with Gasteiger partial charge >= 0.3 is 5.97 Å². The number of hydrogen-bond acceptors (Lipinski definition) is 4. The molecule has 1 fully saturated rings. The Bertz CT molecular complexity index is 1130. The maximum atomic E-state index is 13.3. The van der Waals surface area contributed by atoms with Crippen molar-refractivity contribution in [1.29, 1.82) is 0 Å². The predicted octanol–water partition coefficient (Wildman–Crippen LogP) is 5.65. The van der Waals surface area contributed by atoms with Crippen molar-refractivity contribution in [3.8, 4) is 11.3 Å². The van der Waals surface area contributed by atoms with Crippen LogP contribution in [0.15, 0.2) is 60.7 Å². The van der Waals surface area contributed by atoms with Gasteiger partial charge in [0.15, 0.2) is 5.69 Å². The Kier molecular flexibility index (Phi) is 8.01. The van der Waals surface area contributed by atoms with Crippen molar-refractivity contribution in [2.75, 3.05) is 19.7 Å². The molecule has 0 N–H and O–H groups in total. The monoisotopic (exact) mass is 473 g/mol. The van der Waals surface area contributed by atoms with Gasteiger partial charge in [-0.15, -0.1) is 0 Å². The summed E-state index contributed by atoms with van der Waals surface area (Å²) in [7, 11) is 0. The highest BCUT2D eigenvalue weighted by Crippen LogP contribution is 2.32. The standard InChI is InChI=1S/C29H35N3O3/c1-4-21-12-14-23(15-13-21)27-20-26(29(34)35-6-3)30-32(27)24-16-18-31(19-17-24)28(33)25(5-2)22-10-8-7-9-11-22/h7-15,20,24-25H,4-6,16-19H2,1-3H3. The van der Waals surface area contributed by atoms with Crippen molar-refractivity contribution in [2.45, 2.75) is 58.4 Å². The van der Waals surface area contributed by atoms with Crippen LogP contribution in [-0.4, -0.2) is 46.3 Å². The van der Waals surface area contributed by atoms with Gasteiger partial charge in [-0.1, -0.05) is 68.4 Å². The molecule has 1 amide bonds. The fourth-order valence-corrected chi connectivity index (χ4v) is 4.89. The molecule has 1 atom stereocenters. The number of carbonyl (C=O) groups is 2. The lowest BCUT2D eigenvalue weighted by atomic mass is 9.93. The highest BCUT2D eigenvalue weighted by atomic mass is 16.5. The normalized spacial score (nSPS) is 15.1. The molecule has 35 heavy (non-hydrogen) atoms. The van der Waals surface area contributed by atoms with E-state index in [2.05, 4.69) is 43.2 Å². The minimum atomic E-state index is -0.404. The molecular weight excluding hydrogens is 438 g/mol. The molecule has 1 aliphatic rings. The van der Waals surface area contributed by atoms with Gasteiger partial charge in [0.25, 0.3) is 0 Å². The van der Waals surface area contributed by atoms with Crippen molar-refractivity contribution in [3.63, 3.8) is 0 Å². The van der Waals surface area contributed by atoms with Gasteiger partial charge < -0.3 is 9.64 Å². The lowest BCUT2D eigenvalue weighted by Crippen LogP contribution is -2.41. The van der Waals surface area contributed by atoms with E-state index in [1.165, 1.54) is 5.56 Å². The van der Waals surface area contributed by atoms with Crippen molar-refractivity contribution >= 4 is 11.9 Å². The maximum absolute atomic E-state index is 13.3. The lowest BCUT2D eigenvalue weighted by molar-refractivity contribution is -0.134. The van der Waals surface area contributed by atoms with Crippen molar-refractivity contribution in [1.82, 2.24) is 14.7 Å². The van der Waals surface area contributed by atoms with Gasteiger partial charge in [-0.2, -0.15) is 5.10 Å². The molecule has 6 nitrogen and oxygen atoms in total. The van der Waals surface area contributed by atoms with E-state index < -0.39 is 5.97 Å². The number of esters is 1. The van der Waals surface area contributed by atoms with Crippen LogP contribution >= 0.6 is 0 Å². The largest absolute Gasteiger partial charge is 0.461 e. The zero-order valence-corrected chi connectivity index (χ0v) is 20.9. The highest BCUT2D eigenvalue weighted by molar-refractivity contribution is 5.88. The van der Waals surface area contributed by atoms with Crippen LogP contribution in [0.1, 0.15) is 73.6 Å². The van der Waals surface area contributed by atoms with E-state index in [0.29, 0.717) is 25.4 Å². The van der Waals surface area contributed by atoms with Gasteiger partial charge in [0.1, 0.15) is 0 Å². The maximum Gasteiger partial charge on any atom is 0.358 e. The molecule has 4 rings (SSSR count). The number of piperidine rings is 1. The summed E-state index contributed by atoms with van der Waals surface area (Å²) in [5.74, 6) is -0.320. The van der Waals surface area contributed by atoms with E-state index in [1.807, 2.05) is 46.0 Å². The van der Waals surface area contributed by atoms with Crippen LogP contribution in [0.25, 0.3) is 11.3 Å². The molecule has 1 aliphatic heterocycles. The number of hydrogen-bond donors (Lipinski definition) is 0. The van der Waals surface area contributed by atoms with E-state index >= 15 is 0 Å². The summed E-state index contributed by atoms with van der Waals surface area (Å²) < 4.78 is 7.19. The number of aromatic nitrogens is 2. The first kappa shape index (κ1) is 24.7. The Labute approximate surface area is 207 Å². The number of amides is 1. The van der Waals surface area contributed by atoms with E-state index in [1.54, 1.807) is 6.92 Å². The van der Waals surface area contributed by atoms with Crippen molar-refractivity contribution in [3.05, 3.63) is 77.5 Å². The third kappa shape index (κ3) is 5.47. The first-order valence-corrected chi connectivity index (χ1v) is 12.7. The Balaban J connectivity index is 1.54. The van der Waals surface area contributed by atoms with Crippen LogP contribution in [0.5, 0.6) is 0 Å². The van der Waals surface area contributed by atoms with Gasteiger partial charge in [-0.05, 0) is 55.4 Å². The molecule has 0 aliphatic carbocycles. The SMILES string of the molecule is CCOC(=O)c1cc(-c2ccc(CC)cc2)n(C2CCN(C(=O)C(CC)c3ccccc3)CC2)n1. The van der Waals surface area contributed by atoms with Gasteiger partial charge in [-0.25, -0.2) is 4.79 Å². The molecule has 1 saturated heterocycles. The van der Waals surface area contributed by atoms with E-state index in [-0.39, 0.29) is 17.9 Å².